The van der Waals surface area contributed by atoms with Gasteiger partial charge in [0.25, 0.3) is 0 Å². The number of amides is 2. The van der Waals surface area contributed by atoms with Crippen molar-refractivity contribution in [2.75, 3.05) is 32.1 Å². The van der Waals surface area contributed by atoms with Gasteiger partial charge in [0.05, 0.1) is 7.11 Å². The molecule has 2 N–H and O–H groups in total. The summed E-state index contributed by atoms with van der Waals surface area (Å²) in [7, 11) is 1.55. The zero-order chi connectivity index (χ0) is 15.9. The topological polar surface area (TPSA) is 70.7 Å². The molecule has 22 heavy (non-hydrogen) atoms. The minimum Gasteiger partial charge on any atom is -0.497 e. The van der Waals surface area contributed by atoms with Crippen LogP contribution < -0.4 is 15.4 Å². The van der Waals surface area contributed by atoms with Crippen LogP contribution in [0.2, 0.25) is 0 Å². The van der Waals surface area contributed by atoms with Crippen molar-refractivity contribution in [3.63, 3.8) is 0 Å². The van der Waals surface area contributed by atoms with Gasteiger partial charge in [0.2, 0.25) is 0 Å². The van der Waals surface area contributed by atoms with E-state index in [1.54, 1.807) is 31.4 Å². The molecule has 1 heterocycles. The largest absolute Gasteiger partial charge is 0.497 e. The SMILES string of the molecule is CCN1CCC[C@@H]1CNC(=O)C(=O)Nc1cccc(OC)c1. The number of rotatable bonds is 5. The molecule has 0 aromatic heterocycles. The minimum atomic E-state index is -0.658. The molecule has 1 aliphatic rings. The summed E-state index contributed by atoms with van der Waals surface area (Å²) < 4.78 is 5.08. The number of hydrogen-bond donors (Lipinski definition) is 2. The zero-order valence-corrected chi connectivity index (χ0v) is 13.1. The van der Waals surface area contributed by atoms with Crippen LogP contribution in [0.4, 0.5) is 5.69 Å². The maximum atomic E-state index is 11.9. The zero-order valence-electron chi connectivity index (χ0n) is 13.1. The first kappa shape index (κ1) is 16.3. The quantitative estimate of drug-likeness (QED) is 0.803. The lowest BCUT2D eigenvalue weighted by molar-refractivity contribution is -0.136. The average molecular weight is 305 g/mol. The maximum Gasteiger partial charge on any atom is 0.313 e. The number of benzene rings is 1. The van der Waals surface area contributed by atoms with Crippen LogP contribution >= 0.6 is 0 Å². The fourth-order valence-corrected chi connectivity index (χ4v) is 2.72. The highest BCUT2D eigenvalue weighted by Crippen LogP contribution is 2.17. The molecular weight excluding hydrogens is 282 g/mol. The number of nitrogens with one attached hydrogen (secondary N) is 2. The van der Waals surface area contributed by atoms with Crippen LogP contribution in [0.15, 0.2) is 24.3 Å². The summed E-state index contributed by atoms with van der Waals surface area (Å²) in [5.74, 6) is -0.636. The average Bonchev–Trinajstić information content (AvgIpc) is 3.00. The second-order valence-electron chi connectivity index (χ2n) is 5.32. The highest BCUT2D eigenvalue weighted by atomic mass is 16.5. The van der Waals surface area contributed by atoms with E-state index in [1.165, 1.54) is 0 Å². The number of nitrogens with zero attached hydrogens (tertiary/aromatic N) is 1. The van der Waals surface area contributed by atoms with E-state index in [0.717, 1.165) is 25.9 Å². The Labute approximate surface area is 130 Å². The molecule has 1 atom stereocenters. The molecule has 0 spiro atoms. The molecule has 6 nitrogen and oxygen atoms in total. The molecule has 2 amide bonds. The number of methoxy groups -OCH3 is 1. The molecule has 0 aliphatic carbocycles. The molecule has 1 aromatic carbocycles. The summed E-state index contributed by atoms with van der Waals surface area (Å²) >= 11 is 0. The monoisotopic (exact) mass is 305 g/mol. The molecule has 1 saturated heterocycles. The molecule has 1 aromatic rings. The third-order valence-corrected chi connectivity index (χ3v) is 3.94. The van der Waals surface area contributed by atoms with Gasteiger partial charge in [0.15, 0.2) is 0 Å². The van der Waals surface area contributed by atoms with Crippen molar-refractivity contribution in [3.8, 4) is 5.75 Å². The fourth-order valence-electron chi connectivity index (χ4n) is 2.72. The van der Waals surface area contributed by atoms with E-state index in [4.69, 9.17) is 4.74 Å². The van der Waals surface area contributed by atoms with Gasteiger partial charge in [0.1, 0.15) is 5.75 Å². The van der Waals surface area contributed by atoms with Gasteiger partial charge in [-0.05, 0) is 38.1 Å². The molecule has 0 radical (unpaired) electrons. The van der Waals surface area contributed by atoms with E-state index in [2.05, 4.69) is 22.5 Å². The van der Waals surface area contributed by atoms with Crippen molar-refractivity contribution < 1.29 is 14.3 Å². The van der Waals surface area contributed by atoms with Crippen molar-refractivity contribution >= 4 is 17.5 Å². The van der Waals surface area contributed by atoms with Gasteiger partial charge < -0.3 is 15.4 Å². The molecule has 0 bridgehead atoms. The predicted molar refractivity (Wildman–Crippen MR) is 84.9 cm³/mol. The normalized spacial score (nSPS) is 18.0. The summed E-state index contributed by atoms with van der Waals surface area (Å²) in [6.07, 6.45) is 2.20. The number of likely N-dealkylation sites (N-methyl/N-ethyl adjacent to an activating group) is 1. The number of ether oxygens (including phenoxy) is 1. The predicted octanol–water partition coefficient (Wildman–Crippen LogP) is 1.23. The first-order valence-corrected chi connectivity index (χ1v) is 7.61. The van der Waals surface area contributed by atoms with Crippen molar-refractivity contribution in [1.29, 1.82) is 0 Å². The van der Waals surface area contributed by atoms with E-state index in [0.29, 0.717) is 24.0 Å². The Balaban J connectivity index is 1.83. The van der Waals surface area contributed by atoms with E-state index >= 15 is 0 Å². The number of carbonyl (C=O) groups excluding carboxylic acids is 2. The van der Waals surface area contributed by atoms with E-state index in [9.17, 15) is 9.59 Å². The summed E-state index contributed by atoms with van der Waals surface area (Å²) in [6.45, 7) is 4.65. The number of likely N-dealkylation sites (tertiary alicyclic amines) is 1. The second-order valence-corrected chi connectivity index (χ2v) is 5.32. The Morgan fingerprint density at radius 1 is 1.36 bits per heavy atom. The summed E-state index contributed by atoms with van der Waals surface area (Å²) in [5, 5.41) is 5.29. The van der Waals surface area contributed by atoms with Gasteiger partial charge >= 0.3 is 11.8 Å². The van der Waals surface area contributed by atoms with Crippen LogP contribution in [0, 0.1) is 0 Å². The smallest absolute Gasteiger partial charge is 0.313 e. The van der Waals surface area contributed by atoms with E-state index in [1.807, 2.05) is 0 Å². The van der Waals surface area contributed by atoms with Crippen molar-refractivity contribution in [2.24, 2.45) is 0 Å². The van der Waals surface area contributed by atoms with E-state index in [-0.39, 0.29) is 0 Å². The van der Waals surface area contributed by atoms with Crippen molar-refractivity contribution in [3.05, 3.63) is 24.3 Å². The molecule has 6 heteroatoms. The van der Waals surface area contributed by atoms with Crippen molar-refractivity contribution in [2.45, 2.75) is 25.8 Å². The number of anilines is 1. The molecule has 1 fully saturated rings. The summed E-state index contributed by atoms with van der Waals surface area (Å²) in [6, 6.07) is 7.24. The first-order chi connectivity index (χ1) is 10.6. The molecule has 120 valence electrons. The Morgan fingerprint density at radius 3 is 2.91 bits per heavy atom. The Bertz CT molecular complexity index is 533. The summed E-state index contributed by atoms with van der Waals surface area (Å²) in [4.78, 5) is 26.1. The standard InChI is InChI=1S/C16H23N3O3/c1-3-19-9-5-7-13(19)11-17-15(20)16(21)18-12-6-4-8-14(10-12)22-2/h4,6,8,10,13H,3,5,7,9,11H2,1-2H3,(H,17,20)(H,18,21)/t13-/m1/s1. The van der Waals surface area contributed by atoms with Gasteiger partial charge in [0, 0.05) is 24.3 Å². The van der Waals surface area contributed by atoms with Crippen LogP contribution in [0.5, 0.6) is 5.75 Å². The van der Waals surface area contributed by atoms with Gasteiger partial charge in [-0.15, -0.1) is 0 Å². The molecule has 0 saturated carbocycles. The van der Waals surface area contributed by atoms with Gasteiger partial charge in [-0.25, -0.2) is 0 Å². The van der Waals surface area contributed by atoms with Crippen LogP contribution in [0.1, 0.15) is 19.8 Å². The summed E-state index contributed by atoms with van der Waals surface area (Å²) in [5.41, 5.74) is 0.538. The maximum absolute atomic E-state index is 11.9. The van der Waals surface area contributed by atoms with Crippen LogP contribution in [0.25, 0.3) is 0 Å². The van der Waals surface area contributed by atoms with Crippen LogP contribution in [-0.4, -0.2) is 49.5 Å². The lowest BCUT2D eigenvalue weighted by Gasteiger charge is -2.22. The fraction of sp³-hybridized carbons (Fsp3) is 0.500. The van der Waals surface area contributed by atoms with Crippen molar-refractivity contribution in [1.82, 2.24) is 10.2 Å². The Kier molecular flexibility index (Phi) is 5.77. The highest BCUT2D eigenvalue weighted by Gasteiger charge is 2.24. The lowest BCUT2D eigenvalue weighted by atomic mass is 10.2. The van der Waals surface area contributed by atoms with Crippen LogP contribution in [0.3, 0.4) is 0 Å². The molecular formula is C16H23N3O3. The van der Waals surface area contributed by atoms with Gasteiger partial charge in [-0.3, -0.25) is 14.5 Å². The van der Waals surface area contributed by atoms with Crippen LogP contribution in [-0.2, 0) is 9.59 Å². The number of carbonyl (C=O) groups is 2. The molecule has 1 aliphatic heterocycles. The molecule has 0 unspecified atom stereocenters. The third-order valence-electron chi connectivity index (χ3n) is 3.94. The Morgan fingerprint density at radius 2 is 2.18 bits per heavy atom. The second kappa shape index (κ2) is 7.79. The third kappa shape index (κ3) is 4.21. The lowest BCUT2D eigenvalue weighted by Crippen LogP contribution is -2.43. The first-order valence-electron chi connectivity index (χ1n) is 7.61. The van der Waals surface area contributed by atoms with Gasteiger partial charge in [-0.2, -0.15) is 0 Å². The minimum absolute atomic E-state index is 0.332. The highest BCUT2D eigenvalue weighted by molar-refractivity contribution is 6.39. The molecule has 2 rings (SSSR count). The van der Waals surface area contributed by atoms with E-state index < -0.39 is 11.8 Å². The van der Waals surface area contributed by atoms with Gasteiger partial charge in [-0.1, -0.05) is 13.0 Å². The number of hydrogen-bond acceptors (Lipinski definition) is 4. The Hall–Kier alpha value is -2.08.